The molecule has 0 bridgehead atoms. The zero-order valence-corrected chi connectivity index (χ0v) is 17.6. The second-order valence-electron chi connectivity index (χ2n) is 6.07. The highest BCUT2D eigenvalue weighted by atomic mass is 32.2. The summed E-state index contributed by atoms with van der Waals surface area (Å²) < 4.78 is 7.22. The van der Waals surface area contributed by atoms with Gasteiger partial charge in [-0.2, -0.15) is 0 Å². The van der Waals surface area contributed by atoms with Crippen molar-refractivity contribution in [3.05, 3.63) is 46.1 Å². The number of nitrogens with zero attached hydrogens (tertiary/aromatic N) is 2. The van der Waals surface area contributed by atoms with E-state index in [0.717, 1.165) is 0 Å². The Kier molecular flexibility index (Phi) is 7.02. The molecule has 0 saturated carbocycles. The van der Waals surface area contributed by atoms with Gasteiger partial charge >= 0.3 is 0 Å². The monoisotopic (exact) mass is 432 g/mol. The molecule has 2 N–H and O–H groups in total. The number of benzene rings is 1. The Morgan fingerprint density at radius 2 is 1.86 bits per heavy atom. The maximum Gasteiger partial charge on any atom is 0.272 e. The van der Waals surface area contributed by atoms with Gasteiger partial charge in [0.1, 0.15) is 4.70 Å². The van der Waals surface area contributed by atoms with E-state index < -0.39 is 0 Å². The van der Waals surface area contributed by atoms with Gasteiger partial charge < -0.3 is 15.4 Å². The van der Waals surface area contributed by atoms with Gasteiger partial charge in [-0.15, -0.1) is 11.3 Å². The molecule has 2 heterocycles. The van der Waals surface area contributed by atoms with Crippen LogP contribution in [-0.2, 0) is 20.9 Å². The molecule has 0 aliphatic rings. The molecule has 152 valence electrons. The number of fused-ring (bicyclic) bond motifs is 1. The number of methoxy groups -OCH3 is 1. The zero-order chi connectivity index (χ0) is 20.8. The number of nitrogens with one attached hydrogen (secondary N) is 2. The van der Waals surface area contributed by atoms with E-state index in [1.807, 2.05) is 5.38 Å². The third kappa shape index (κ3) is 5.43. The first kappa shape index (κ1) is 21.0. The zero-order valence-electron chi connectivity index (χ0n) is 15.9. The lowest BCUT2D eigenvalue weighted by molar-refractivity contribution is -0.114. The number of aromatic nitrogens is 2. The lowest BCUT2D eigenvalue weighted by Crippen LogP contribution is -2.25. The third-order valence-electron chi connectivity index (χ3n) is 3.87. The third-order valence-corrected chi connectivity index (χ3v) is 5.74. The van der Waals surface area contributed by atoms with Crippen LogP contribution in [0.25, 0.3) is 10.2 Å². The number of anilines is 2. The number of ether oxygens (including phenoxy) is 1. The number of carbonyl (C=O) groups is 2. The number of rotatable bonds is 8. The van der Waals surface area contributed by atoms with Gasteiger partial charge in [-0.3, -0.25) is 19.0 Å². The van der Waals surface area contributed by atoms with E-state index in [1.165, 1.54) is 30.0 Å². The first-order valence-electron chi connectivity index (χ1n) is 8.75. The van der Waals surface area contributed by atoms with Crippen molar-refractivity contribution >= 4 is 56.5 Å². The minimum atomic E-state index is -0.222. The van der Waals surface area contributed by atoms with Crippen molar-refractivity contribution in [1.29, 1.82) is 0 Å². The van der Waals surface area contributed by atoms with Crippen LogP contribution < -0.4 is 16.2 Å². The summed E-state index contributed by atoms with van der Waals surface area (Å²) in [7, 11) is 1.57. The van der Waals surface area contributed by atoms with E-state index in [4.69, 9.17) is 4.74 Å². The highest BCUT2D eigenvalue weighted by molar-refractivity contribution is 7.99. The molecule has 0 fully saturated rings. The summed E-state index contributed by atoms with van der Waals surface area (Å²) in [6.45, 7) is 2.17. The fourth-order valence-electron chi connectivity index (χ4n) is 2.58. The molecular weight excluding hydrogens is 412 g/mol. The fourth-order valence-corrected chi connectivity index (χ4v) is 4.18. The van der Waals surface area contributed by atoms with Gasteiger partial charge in [0.15, 0.2) is 5.16 Å². The number of amides is 2. The Morgan fingerprint density at radius 3 is 2.52 bits per heavy atom. The molecule has 29 heavy (non-hydrogen) atoms. The van der Waals surface area contributed by atoms with Crippen molar-refractivity contribution < 1.29 is 14.3 Å². The number of hydrogen-bond donors (Lipinski definition) is 2. The maximum atomic E-state index is 12.7. The number of thioether (sulfide) groups is 1. The van der Waals surface area contributed by atoms with Crippen LogP contribution in [0.2, 0.25) is 0 Å². The van der Waals surface area contributed by atoms with Crippen molar-refractivity contribution in [3.63, 3.8) is 0 Å². The Balaban J connectivity index is 1.68. The largest absolute Gasteiger partial charge is 0.383 e. The molecule has 0 atom stereocenters. The molecule has 0 radical (unpaired) electrons. The highest BCUT2D eigenvalue weighted by Crippen LogP contribution is 2.21. The normalized spacial score (nSPS) is 10.8. The molecule has 3 rings (SSSR count). The van der Waals surface area contributed by atoms with Gasteiger partial charge in [0.25, 0.3) is 5.56 Å². The van der Waals surface area contributed by atoms with Crippen LogP contribution in [0.1, 0.15) is 6.92 Å². The Bertz CT molecular complexity index is 1080. The van der Waals surface area contributed by atoms with E-state index in [0.29, 0.717) is 39.9 Å². The highest BCUT2D eigenvalue weighted by Gasteiger charge is 2.14. The molecule has 2 aromatic heterocycles. The van der Waals surface area contributed by atoms with Gasteiger partial charge in [0.2, 0.25) is 11.8 Å². The van der Waals surface area contributed by atoms with Crippen molar-refractivity contribution in [2.45, 2.75) is 18.6 Å². The van der Waals surface area contributed by atoms with Gasteiger partial charge in [-0.1, -0.05) is 11.8 Å². The Labute approximate surface area is 175 Å². The second-order valence-corrected chi connectivity index (χ2v) is 7.93. The van der Waals surface area contributed by atoms with E-state index in [1.54, 1.807) is 42.0 Å². The lowest BCUT2D eigenvalue weighted by Gasteiger charge is -2.11. The second kappa shape index (κ2) is 9.68. The van der Waals surface area contributed by atoms with Crippen LogP contribution in [-0.4, -0.2) is 40.8 Å². The van der Waals surface area contributed by atoms with E-state index in [9.17, 15) is 14.4 Å². The van der Waals surface area contributed by atoms with Gasteiger partial charge in [-0.25, -0.2) is 4.98 Å². The maximum absolute atomic E-state index is 12.7. The summed E-state index contributed by atoms with van der Waals surface area (Å²) >= 11 is 2.55. The minimum Gasteiger partial charge on any atom is -0.383 e. The summed E-state index contributed by atoms with van der Waals surface area (Å²) in [5, 5.41) is 7.76. The molecule has 0 unspecified atom stereocenters. The molecule has 3 aromatic rings. The van der Waals surface area contributed by atoms with Crippen LogP contribution in [0.5, 0.6) is 0 Å². The molecule has 0 aliphatic carbocycles. The molecule has 2 amide bonds. The molecule has 8 nitrogen and oxygen atoms in total. The van der Waals surface area contributed by atoms with E-state index in [2.05, 4.69) is 15.6 Å². The lowest BCUT2D eigenvalue weighted by atomic mass is 10.3. The Morgan fingerprint density at radius 1 is 1.17 bits per heavy atom. The summed E-state index contributed by atoms with van der Waals surface area (Å²) in [6.07, 6.45) is 0. The molecular formula is C19H20N4O4S2. The minimum absolute atomic E-state index is 0.0997. The van der Waals surface area contributed by atoms with E-state index >= 15 is 0 Å². The SMILES string of the molecule is COCCn1c(SCC(=O)Nc2ccc(NC(C)=O)cc2)nc2ccsc2c1=O. The summed E-state index contributed by atoms with van der Waals surface area (Å²) in [4.78, 5) is 40.6. The first-order valence-corrected chi connectivity index (χ1v) is 10.6. The Hall–Kier alpha value is -2.69. The molecule has 0 aliphatic heterocycles. The van der Waals surface area contributed by atoms with Crippen molar-refractivity contribution in [1.82, 2.24) is 9.55 Å². The predicted octanol–water partition coefficient (Wildman–Crippen LogP) is 2.79. The summed E-state index contributed by atoms with van der Waals surface area (Å²) in [6, 6.07) is 8.62. The van der Waals surface area contributed by atoms with Crippen LogP contribution in [0.15, 0.2) is 45.7 Å². The smallest absolute Gasteiger partial charge is 0.272 e. The predicted molar refractivity (Wildman–Crippen MR) is 116 cm³/mol. The van der Waals surface area contributed by atoms with Gasteiger partial charge in [-0.05, 0) is 35.7 Å². The van der Waals surface area contributed by atoms with Crippen LogP contribution in [0.3, 0.4) is 0 Å². The number of thiophene rings is 1. The molecule has 10 heteroatoms. The van der Waals surface area contributed by atoms with Crippen LogP contribution >= 0.6 is 23.1 Å². The number of carbonyl (C=O) groups excluding carboxylic acids is 2. The first-order chi connectivity index (χ1) is 14.0. The number of hydrogen-bond acceptors (Lipinski definition) is 7. The summed E-state index contributed by atoms with van der Waals surface area (Å²) in [5.74, 6) is -0.282. The average Bonchev–Trinajstić information content (AvgIpc) is 3.16. The van der Waals surface area contributed by atoms with Crippen molar-refractivity contribution in [2.24, 2.45) is 0 Å². The van der Waals surface area contributed by atoms with Crippen molar-refractivity contribution in [2.75, 3.05) is 30.1 Å². The average molecular weight is 433 g/mol. The fraction of sp³-hybridized carbons (Fsp3) is 0.263. The standard InChI is InChI=1S/C19H20N4O4S2/c1-12(24)20-13-3-5-14(6-4-13)21-16(25)11-29-19-22-15-7-10-28-17(15)18(26)23(19)8-9-27-2/h3-7,10H,8-9,11H2,1-2H3,(H,20,24)(H,21,25). The molecule has 1 aromatic carbocycles. The summed E-state index contributed by atoms with van der Waals surface area (Å²) in [5.41, 5.74) is 1.77. The van der Waals surface area contributed by atoms with E-state index in [-0.39, 0.29) is 23.1 Å². The van der Waals surface area contributed by atoms with Gasteiger partial charge in [0.05, 0.1) is 24.4 Å². The van der Waals surface area contributed by atoms with Crippen LogP contribution in [0.4, 0.5) is 11.4 Å². The van der Waals surface area contributed by atoms with Crippen molar-refractivity contribution in [3.8, 4) is 0 Å². The van der Waals surface area contributed by atoms with Crippen LogP contribution in [0, 0.1) is 0 Å². The van der Waals surface area contributed by atoms with Gasteiger partial charge in [0, 0.05) is 25.4 Å². The quantitative estimate of drug-likeness (QED) is 0.419. The molecule has 0 spiro atoms. The topological polar surface area (TPSA) is 102 Å². The molecule has 0 saturated heterocycles.